The van der Waals surface area contributed by atoms with Crippen LogP contribution in [0.3, 0.4) is 0 Å². The molecule has 54 valence electrons. The van der Waals surface area contributed by atoms with E-state index in [-0.39, 0.29) is 51.4 Å². The molecule has 11 heavy (non-hydrogen) atoms. The van der Waals surface area contributed by atoms with Crippen molar-refractivity contribution in [2.45, 2.75) is 25.7 Å². The van der Waals surface area contributed by atoms with Crippen LogP contribution in [-0.4, -0.2) is 5.97 Å². The third-order valence-electron chi connectivity index (χ3n) is 2.06. The first-order valence-corrected chi connectivity index (χ1v) is 3.34. The Hall–Kier alpha value is 0.596. The maximum Gasteiger partial charge on any atom is 1.00 e. The van der Waals surface area contributed by atoms with Crippen LogP contribution in [0.15, 0.2) is 0 Å². The molecule has 0 aromatic rings. The molecule has 1 rings (SSSR count). The zero-order chi connectivity index (χ0) is 7.61. The molecule has 1 aliphatic rings. The van der Waals surface area contributed by atoms with Gasteiger partial charge in [0.2, 0.25) is 0 Å². The first-order chi connectivity index (χ1) is 4.71. The van der Waals surface area contributed by atoms with Crippen LogP contribution >= 0.6 is 0 Å². The molecule has 0 aromatic carbocycles. The van der Waals surface area contributed by atoms with E-state index in [4.69, 9.17) is 5.26 Å². The number of carbonyl (C=O) groups is 1. The minimum atomic E-state index is -1.20. The molecule has 0 N–H and O–H groups in total. The number of hydrogen-bond donors (Lipinski definition) is 0. The Morgan fingerprint density at radius 1 is 1.45 bits per heavy atom. The smallest absolute Gasteiger partial charge is 0.548 e. The molecule has 0 unspecified atom stereocenters. The summed E-state index contributed by atoms with van der Waals surface area (Å²) in [6, 6.07) is 1.81. The molecule has 3 nitrogen and oxygen atoms in total. The van der Waals surface area contributed by atoms with E-state index in [0.29, 0.717) is 12.8 Å². The second kappa shape index (κ2) is 4.58. The summed E-state index contributed by atoms with van der Waals surface area (Å²) in [4.78, 5) is 10.4. The fraction of sp³-hybridized carbons (Fsp3) is 0.714. The van der Waals surface area contributed by atoms with E-state index in [0.717, 1.165) is 12.8 Å². The van der Waals surface area contributed by atoms with Gasteiger partial charge >= 0.3 is 51.4 Å². The zero-order valence-corrected chi connectivity index (χ0v) is 9.72. The van der Waals surface area contributed by atoms with Crippen LogP contribution in [0.25, 0.3) is 0 Å². The molecule has 0 heterocycles. The summed E-state index contributed by atoms with van der Waals surface area (Å²) >= 11 is 0. The maximum atomic E-state index is 10.4. The van der Waals surface area contributed by atoms with Crippen molar-refractivity contribution in [2.24, 2.45) is 5.41 Å². The molecule has 0 aromatic heterocycles. The molecule has 4 heteroatoms. The Morgan fingerprint density at radius 3 is 2.09 bits per heavy atom. The van der Waals surface area contributed by atoms with Gasteiger partial charge in [0.1, 0.15) is 0 Å². The van der Waals surface area contributed by atoms with Gasteiger partial charge in [-0.05, 0) is 12.8 Å². The summed E-state index contributed by atoms with van der Waals surface area (Å²) in [5.41, 5.74) is -1.15. The molecule has 0 bridgehead atoms. The minimum absolute atomic E-state index is 0. The van der Waals surface area contributed by atoms with Gasteiger partial charge in [0.15, 0.2) is 0 Å². The number of rotatable bonds is 1. The fourth-order valence-electron chi connectivity index (χ4n) is 1.34. The van der Waals surface area contributed by atoms with Gasteiger partial charge in [0.05, 0.1) is 17.5 Å². The Kier molecular flexibility index (Phi) is 4.83. The van der Waals surface area contributed by atoms with E-state index in [2.05, 4.69) is 0 Å². The standard InChI is InChI=1S/C7H9NO2.K/c8-5-7(6(9)10)3-1-2-4-7;/h1-4H2,(H,9,10);/q;+1/p-1. The molecule has 0 saturated heterocycles. The number of hydrogen-bond acceptors (Lipinski definition) is 3. The second-order valence-electron chi connectivity index (χ2n) is 2.69. The average molecular weight is 177 g/mol. The van der Waals surface area contributed by atoms with E-state index in [1.54, 1.807) is 0 Å². The quantitative estimate of drug-likeness (QED) is 0.397. The predicted octanol–water partition coefficient (Wildman–Crippen LogP) is -3.18. The summed E-state index contributed by atoms with van der Waals surface area (Å²) < 4.78 is 0. The molecular weight excluding hydrogens is 169 g/mol. The van der Waals surface area contributed by atoms with Crippen molar-refractivity contribution in [1.82, 2.24) is 0 Å². The maximum absolute atomic E-state index is 10.4. The molecule has 1 saturated carbocycles. The molecule has 0 atom stereocenters. The Morgan fingerprint density at radius 2 is 1.91 bits per heavy atom. The molecule has 1 aliphatic carbocycles. The Balaban J connectivity index is 0.000001000. The van der Waals surface area contributed by atoms with Crippen LogP contribution in [0, 0.1) is 16.7 Å². The van der Waals surface area contributed by atoms with Gasteiger partial charge < -0.3 is 9.90 Å². The molecule has 0 amide bonds. The van der Waals surface area contributed by atoms with Gasteiger partial charge in [-0.3, -0.25) is 0 Å². The fourth-order valence-corrected chi connectivity index (χ4v) is 1.34. The van der Waals surface area contributed by atoms with Crippen LogP contribution in [0.4, 0.5) is 0 Å². The minimum Gasteiger partial charge on any atom is -0.548 e. The first kappa shape index (κ1) is 11.6. The van der Waals surface area contributed by atoms with Crippen LogP contribution in [0.2, 0.25) is 0 Å². The van der Waals surface area contributed by atoms with Gasteiger partial charge in [0, 0.05) is 0 Å². The van der Waals surface area contributed by atoms with Crippen molar-refractivity contribution >= 4 is 5.97 Å². The van der Waals surface area contributed by atoms with E-state index < -0.39 is 11.4 Å². The van der Waals surface area contributed by atoms with Crippen LogP contribution < -0.4 is 56.5 Å². The molecule has 0 spiro atoms. The van der Waals surface area contributed by atoms with Crippen molar-refractivity contribution < 1.29 is 61.3 Å². The summed E-state index contributed by atoms with van der Waals surface area (Å²) in [6.45, 7) is 0. The molecule has 1 fully saturated rings. The second-order valence-corrected chi connectivity index (χ2v) is 2.69. The van der Waals surface area contributed by atoms with Gasteiger partial charge in [-0.1, -0.05) is 12.8 Å². The van der Waals surface area contributed by atoms with Gasteiger partial charge in [-0.15, -0.1) is 0 Å². The van der Waals surface area contributed by atoms with E-state index >= 15 is 0 Å². The van der Waals surface area contributed by atoms with E-state index in [1.165, 1.54) is 0 Å². The van der Waals surface area contributed by atoms with E-state index in [1.807, 2.05) is 6.07 Å². The predicted molar refractivity (Wildman–Crippen MR) is 31.5 cm³/mol. The zero-order valence-electron chi connectivity index (χ0n) is 6.59. The van der Waals surface area contributed by atoms with Crippen molar-refractivity contribution in [2.75, 3.05) is 0 Å². The number of nitriles is 1. The molecule has 0 radical (unpaired) electrons. The van der Waals surface area contributed by atoms with Crippen molar-refractivity contribution in [3.8, 4) is 6.07 Å². The molecular formula is C7H8KNO2. The average Bonchev–Trinajstić information content (AvgIpc) is 2.35. The van der Waals surface area contributed by atoms with Gasteiger partial charge in [-0.25, -0.2) is 0 Å². The van der Waals surface area contributed by atoms with Crippen molar-refractivity contribution in [3.63, 3.8) is 0 Å². The number of carboxylic acids is 1. The largest absolute Gasteiger partial charge is 1.00 e. The SMILES string of the molecule is N#CC1(C(=O)[O-])CCCC1.[K+]. The third kappa shape index (κ3) is 2.26. The van der Waals surface area contributed by atoms with Gasteiger partial charge in [-0.2, -0.15) is 5.26 Å². The summed E-state index contributed by atoms with van der Waals surface area (Å²) in [5, 5.41) is 18.9. The van der Waals surface area contributed by atoms with Gasteiger partial charge in [0.25, 0.3) is 0 Å². The van der Waals surface area contributed by atoms with Crippen molar-refractivity contribution in [3.05, 3.63) is 0 Å². The third-order valence-corrected chi connectivity index (χ3v) is 2.06. The number of carboxylic acid groups (broad SMARTS) is 1. The van der Waals surface area contributed by atoms with Crippen LogP contribution in [0.1, 0.15) is 25.7 Å². The number of aliphatic carboxylic acids is 1. The topological polar surface area (TPSA) is 63.9 Å². The summed E-state index contributed by atoms with van der Waals surface area (Å²) in [5.74, 6) is -1.20. The van der Waals surface area contributed by atoms with E-state index in [9.17, 15) is 9.90 Å². The molecule has 0 aliphatic heterocycles. The van der Waals surface area contributed by atoms with Crippen molar-refractivity contribution in [1.29, 1.82) is 5.26 Å². The Bertz CT molecular complexity index is 191. The Labute approximate surface area is 108 Å². The van der Waals surface area contributed by atoms with Crippen LogP contribution in [-0.2, 0) is 4.79 Å². The monoisotopic (exact) mass is 177 g/mol. The van der Waals surface area contributed by atoms with Crippen LogP contribution in [0.5, 0.6) is 0 Å². The first-order valence-electron chi connectivity index (χ1n) is 3.34. The summed E-state index contributed by atoms with van der Waals surface area (Å²) in [6.07, 6.45) is 2.60. The normalized spacial score (nSPS) is 19.9. The number of carbonyl (C=O) groups excluding carboxylic acids is 1. The summed E-state index contributed by atoms with van der Waals surface area (Å²) in [7, 11) is 0. The number of nitrogens with zero attached hydrogens (tertiary/aromatic N) is 1.